The Kier molecular flexibility index (Phi) is 2.52. The summed E-state index contributed by atoms with van der Waals surface area (Å²) in [6.07, 6.45) is 2.06. The van der Waals surface area contributed by atoms with Crippen LogP contribution in [0.2, 0.25) is 0 Å². The molecule has 1 aromatic rings. The van der Waals surface area contributed by atoms with Crippen LogP contribution in [0.25, 0.3) is 0 Å². The number of nitro benzene ring substituents is 1. The fourth-order valence-electron chi connectivity index (χ4n) is 1.74. The quantitative estimate of drug-likeness (QED) is 0.677. The van der Waals surface area contributed by atoms with E-state index in [0.717, 1.165) is 18.4 Å². The molecule has 0 amide bonds. The molecule has 0 aliphatic heterocycles. The maximum Gasteiger partial charge on any atom is 0.283 e. The lowest BCUT2D eigenvalue weighted by atomic mass is 9.96. The lowest BCUT2D eigenvalue weighted by molar-refractivity contribution is -0.385. The number of rotatable bonds is 3. The molecule has 1 saturated carbocycles. The van der Waals surface area contributed by atoms with Crippen LogP contribution in [0.15, 0.2) is 22.7 Å². The van der Waals surface area contributed by atoms with Crippen molar-refractivity contribution in [1.82, 2.24) is 0 Å². The molecule has 15 heavy (non-hydrogen) atoms. The predicted octanol–water partition coefficient (Wildman–Crippen LogP) is 2.35. The number of nitrogens with zero attached hydrogens (tertiary/aromatic N) is 1. The molecule has 0 radical (unpaired) electrons. The standard InChI is InChI=1S/C10H11BrN2O2/c11-8-2-1-7(5-9(8)13(14)15)10(6-12)3-4-10/h1-2,5H,3-4,6,12H2. The fraction of sp³-hybridized carbons (Fsp3) is 0.400. The van der Waals surface area contributed by atoms with Crippen LogP contribution in [0.5, 0.6) is 0 Å². The molecule has 0 unspecified atom stereocenters. The van der Waals surface area contributed by atoms with Crippen molar-refractivity contribution in [3.05, 3.63) is 38.3 Å². The Labute approximate surface area is 95.7 Å². The molecular formula is C10H11BrN2O2. The number of hydrogen-bond donors (Lipinski definition) is 1. The van der Waals surface area contributed by atoms with Gasteiger partial charge in [-0.3, -0.25) is 10.1 Å². The van der Waals surface area contributed by atoms with Gasteiger partial charge in [-0.2, -0.15) is 0 Å². The van der Waals surface area contributed by atoms with Crippen molar-refractivity contribution in [1.29, 1.82) is 0 Å². The van der Waals surface area contributed by atoms with Crippen LogP contribution >= 0.6 is 15.9 Å². The molecule has 0 saturated heterocycles. The van der Waals surface area contributed by atoms with E-state index in [1.165, 1.54) is 0 Å². The predicted molar refractivity (Wildman–Crippen MR) is 60.8 cm³/mol. The summed E-state index contributed by atoms with van der Waals surface area (Å²) >= 11 is 3.17. The van der Waals surface area contributed by atoms with Gasteiger partial charge >= 0.3 is 0 Å². The van der Waals surface area contributed by atoms with Crippen LogP contribution in [-0.4, -0.2) is 11.5 Å². The number of nitrogens with two attached hydrogens (primary N) is 1. The lowest BCUT2D eigenvalue weighted by Gasteiger charge is -2.12. The Hall–Kier alpha value is -0.940. The molecule has 1 fully saturated rings. The van der Waals surface area contributed by atoms with E-state index in [9.17, 15) is 10.1 Å². The number of nitro groups is 1. The van der Waals surface area contributed by atoms with Crippen molar-refractivity contribution in [3.63, 3.8) is 0 Å². The summed E-state index contributed by atoms with van der Waals surface area (Å²) < 4.78 is 0.518. The van der Waals surface area contributed by atoms with Gasteiger partial charge in [0.2, 0.25) is 0 Å². The van der Waals surface area contributed by atoms with Crippen LogP contribution in [0.1, 0.15) is 18.4 Å². The molecule has 2 rings (SSSR count). The summed E-state index contributed by atoms with van der Waals surface area (Å²) in [5, 5.41) is 10.8. The van der Waals surface area contributed by atoms with Gasteiger partial charge in [-0.15, -0.1) is 0 Å². The van der Waals surface area contributed by atoms with Gasteiger partial charge in [-0.1, -0.05) is 6.07 Å². The maximum absolute atomic E-state index is 10.8. The molecule has 1 aromatic carbocycles. The van der Waals surface area contributed by atoms with Crippen molar-refractivity contribution in [2.24, 2.45) is 5.73 Å². The van der Waals surface area contributed by atoms with Gasteiger partial charge in [-0.05, 0) is 40.4 Å². The van der Waals surface area contributed by atoms with Crippen LogP contribution in [-0.2, 0) is 5.41 Å². The van der Waals surface area contributed by atoms with Gasteiger partial charge in [0, 0.05) is 18.0 Å². The minimum atomic E-state index is -0.375. The molecular weight excluding hydrogens is 260 g/mol. The van der Waals surface area contributed by atoms with Crippen LogP contribution in [0, 0.1) is 10.1 Å². The molecule has 0 bridgehead atoms. The first kappa shape index (κ1) is 10.6. The van der Waals surface area contributed by atoms with E-state index in [0.29, 0.717) is 11.0 Å². The Morgan fingerprint density at radius 1 is 1.53 bits per heavy atom. The molecule has 4 nitrogen and oxygen atoms in total. The SMILES string of the molecule is NCC1(c2ccc(Br)c([N+](=O)[O-])c2)CC1. The average molecular weight is 271 g/mol. The highest BCUT2D eigenvalue weighted by molar-refractivity contribution is 9.10. The van der Waals surface area contributed by atoms with E-state index >= 15 is 0 Å². The van der Waals surface area contributed by atoms with E-state index < -0.39 is 0 Å². The largest absolute Gasteiger partial charge is 0.330 e. The first-order valence-corrected chi connectivity index (χ1v) is 5.53. The fourth-order valence-corrected chi connectivity index (χ4v) is 2.14. The molecule has 80 valence electrons. The Balaban J connectivity index is 2.43. The highest BCUT2D eigenvalue weighted by atomic mass is 79.9. The lowest BCUT2D eigenvalue weighted by Crippen LogP contribution is -2.19. The first-order valence-electron chi connectivity index (χ1n) is 4.73. The van der Waals surface area contributed by atoms with Gasteiger partial charge in [0.05, 0.1) is 9.40 Å². The molecule has 0 atom stereocenters. The highest BCUT2D eigenvalue weighted by Gasteiger charge is 2.43. The first-order chi connectivity index (χ1) is 7.09. The van der Waals surface area contributed by atoms with Gasteiger partial charge in [0.25, 0.3) is 5.69 Å². The molecule has 1 aliphatic carbocycles. The minimum Gasteiger partial charge on any atom is -0.330 e. The van der Waals surface area contributed by atoms with Crippen molar-refractivity contribution in [2.45, 2.75) is 18.3 Å². The van der Waals surface area contributed by atoms with Gasteiger partial charge in [-0.25, -0.2) is 0 Å². The maximum atomic E-state index is 10.8. The van der Waals surface area contributed by atoms with Crippen molar-refractivity contribution in [2.75, 3.05) is 6.54 Å². The van der Waals surface area contributed by atoms with E-state index in [1.54, 1.807) is 12.1 Å². The van der Waals surface area contributed by atoms with Crippen molar-refractivity contribution < 1.29 is 4.92 Å². The van der Waals surface area contributed by atoms with Crippen molar-refractivity contribution >= 4 is 21.6 Å². The smallest absolute Gasteiger partial charge is 0.283 e. The zero-order valence-electron chi connectivity index (χ0n) is 8.07. The van der Waals surface area contributed by atoms with Gasteiger partial charge in [0.1, 0.15) is 0 Å². The Morgan fingerprint density at radius 3 is 2.67 bits per heavy atom. The van der Waals surface area contributed by atoms with E-state index in [4.69, 9.17) is 5.73 Å². The highest BCUT2D eigenvalue weighted by Crippen LogP contribution is 2.48. The zero-order valence-corrected chi connectivity index (χ0v) is 9.66. The van der Waals surface area contributed by atoms with E-state index in [2.05, 4.69) is 15.9 Å². The normalized spacial score (nSPS) is 17.5. The van der Waals surface area contributed by atoms with Crippen LogP contribution in [0.4, 0.5) is 5.69 Å². The monoisotopic (exact) mass is 270 g/mol. The summed E-state index contributed by atoms with van der Waals surface area (Å²) in [7, 11) is 0. The van der Waals surface area contributed by atoms with Gasteiger partial charge < -0.3 is 5.73 Å². The van der Waals surface area contributed by atoms with Crippen molar-refractivity contribution in [3.8, 4) is 0 Å². The number of hydrogen-bond acceptors (Lipinski definition) is 3. The number of benzene rings is 1. The third kappa shape index (κ3) is 1.77. The summed E-state index contributed by atoms with van der Waals surface area (Å²) in [6.45, 7) is 0.561. The third-order valence-corrected chi connectivity index (χ3v) is 3.67. The Morgan fingerprint density at radius 2 is 2.20 bits per heavy atom. The van der Waals surface area contributed by atoms with Crippen LogP contribution < -0.4 is 5.73 Å². The van der Waals surface area contributed by atoms with E-state index in [-0.39, 0.29) is 16.0 Å². The summed E-state index contributed by atoms with van der Waals surface area (Å²) in [4.78, 5) is 10.4. The molecule has 1 aliphatic rings. The third-order valence-electron chi connectivity index (χ3n) is 3.00. The summed E-state index contributed by atoms with van der Waals surface area (Å²) in [5.41, 5.74) is 6.79. The summed E-state index contributed by atoms with van der Waals surface area (Å²) in [5.74, 6) is 0. The molecule has 0 heterocycles. The average Bonchev–Trinajstić information content (AvgIpc) is 2.99. The Bertz CT molecular complexity index is 416. The molecule has 2 N–H and O–H groups in total. The van der Waals surface area contributed by atoms with Crippen LogP contribution in [0.3, 0.4) is 0 Å². The second kappa shape index (κ2) is 3.57. The van der Waals surface area contributed by atoms with E-state index in [1.807, 2.05) is 6.07 Å². The molecule has 5 heteroatoms. The second-order valence-corrected chi connectivity index (χ2v) is 4.76. The number of halogens is 1. The summed E-state index contributed by atoms with van der Waals surface area (Å²) in [6, 6.07) is 5.27. The van der Waals surface area contributed by atoms with Gasteiger partial charge in [0.15, 0.2) is 0 Å². The topological polar surface area (TPSA) is 69.2 Å². The molecule has 0 aromatic heterocycles. The second-order valence-electron chi connectivity index (χ2n) is 3.91. The minimum absolute atomic E-state index is 0.00542. The zero-order chi connectivity index (χ0) is 11.1. The molecule has 0 spiro atoms.